The molecule has 0 aliphatic rings. The van der Waals surface area contributed by atoms with E-state index in [9.17, 15) is 4.79 Å². The number of esters is 1. The molecular weight excluding hydrogens is 356 g/mol. The summed E-state index contributed by atoms with van der Waals surface area (Å²) in [5.74, 6) is 0.758. The van der Waals surface area contributed by atoms with Crippen LogP contribution < -0.4 is 4.74 Å². The summed E-state index contributed by atoms with van der Waals surface area (Å²) in [7, 11) is 2.99. The van der Waals surface area contributed by atoms with Crippen molar-refractivity contribution in [3.8, 4) is 17.0 Å². The van der Waals surface area contributed by atoms with Gasteiger partial charge in [-0.15, -0.1) is 0 Å². The number of rotatable bonds is 5. The van der Waals surface area contributed by atoms with E-state index < -0.39 is 5.97 Å². The second-order valence-corrected chi connectivity index (χ2v) is 6.48. The Morgan fingerprint density at radius 2 is 1.93 bits per heavy atom. The first-order valence-corrected chi connectivity index (χ1v) is 8.86. The third kappa shape index (κ3) is 3.13. The molecule has 0 aliphatic carbocycles. The normalized spacial score (nSPS) is 11.0. The standard InChI is InChI=1S/C22H20N2O4/c1-14-9-18-16(11-20(14)26-2)10-19(15-7-5-4-6-8-15)24(18)12-21-23-17(13-28-21)22(25)27-3/h4-11,13H,12H2,1-3H3. The van der Waals surface area contributed by atoms with E-state index in [1.54, 1.807) is 7.11 Å². The molecular formula is C22H20N2O4. The van der Waals surface area contributed by atoms with Crippen LogP contribution in [0, 0.1) is 6.92 Å². The number of benzene rings is 2. The molecule has 0 N–H and O–H groups in total. The molecule has 0 amide bonds. The quantitative estimate of drug-likeness (QED) is 0.482. The Labute approximate surface area is 162 Å². The number of fused-ring (bicyclic) bond motifs is 1. The van der Waals surface area contributed by atoms with Crippen molar-refractivity contribution in [3.05, 3.63) is 71.9 Å². The van der Waals surface area contributed by atoms with Crippen molar-refractivity contribution in [1.82, 2.24) is 9.55 Å². The Balaban J connectivity index is 1.86. The molecule has 0 aliphatic heterocycles. The summed E-state index contributed by atoms with van der Waals surface area (Å²) in [5.41, 5.74) is 4.34. The molecule has 0 radical (unpaired) electrons. The first kappa shape index (κ1) is 17.9. The Hall–Kier alpha value is -3.54. The van der Waals surface area contributed by atoms with E-state index >= 15 is 0 Å². The van der Waals surface area contributed by atoms with Crippen molar-refractivity contribution in [2.24, 2.45) is 0 Å². The minimum atomic E-state index is -0.517. The van der Waals surface area contributed by atoms with Crippen LogP contribution in [0.2, 0.25) is 0 Å². The van der Waals surface area contributed by atoms with Crippen LogP contribution >= 0.6 is 0 Å². The predicted octanol–water partition coefficient (Wildman–Crippen LogP) is 4.45. The highest BCUT2D eigenvalue weighted by molar-refractivity contribution is 5.89. The van der Waals surface area contributed by atoms with Crippen molar-refractivity contribution in [3.63, 3.8) is 0 Å². The second kappa shape index (κ2) is 7.23. The highest BCUT2D eigenvalue weighted by Gasteiger charge is 2.17. The molecule has 142 valence electrons. The molecule has 0 bridgehead atoms. The molecule has 6 nitrogen and oxygen atoms in total. The van der Waals surface area contributed by atoms with E-state index in [1.807, 2.05) is 31.2 Å². The number of nitrogens with zero attached hydrogens (tertiary/aromatic N) is 2. The molecule has 2 aromatic heterocycles. The van der Waals surface area contributed by atoms with Gasteiger partial charge in [0.05, 0.1) is 20.8 Å². The number of aromatic nitrogens is 2. The van der Waals surface area contributed by atoms with Gasteiger partial charge in [0.25, 0.3) is 0 Å². The summed E-state index contributed by atoms with van der Waals surface area (Å²) in [5, 5.41) is 1.06. The number of carbonyl (C=O) groups is 1. The molecule has 4 aromatic rings. The lowest BCUT2D eigenvalue weighted by Crippen LogP contribution is -2.05. The average Bonchev–Trinajstić information content (AvgIpc) is 3.33. The molecule has 4 rings (SSSR count). The van der Waals surface area contributed by atoms with Gasteiger partial charge < -0.3 is 18.5 Å². The van der Waals surface area contributed by atoms with Gasteiger partial charge >= 0.3 is 5.97 Å². The van der Waals surface area contributed by atoms with Crippen LogP contribution in [0.1, 0.15) is 21.9 Å². The predicted molar refractivity (Wildman–Crippen MR) is 106 cm³/mol. The number of oxazole rings is 1. The van der Waals surface area contributed by atoms with Crippen molar-refractivity contribution < 1.29 is 18.7 Å². The van der Waals surface area contributed by atoms with Gasteiger partial charge in [0.2, 0.25) is 5.89 Å². The summed E-state index contributed by atoms with van der Waals surface area (Å²) >= 11 is 0. The van der Waals surface area contributed by atoms with Gasteiger partial charge in [-0.3, -0.25) is 0 Å². The lowest BCUT2D eigenvalue weighted by Gasteiger charge is -2.10. The number of methoxy groups -OCH3 is 2. The van der Waals surface area contributed by atoms with Crippen LogP contribution in [0.4, 0.5) is 0 Å². The third-order valence-electron chi connectivity index (χ3n) is 4.73. The fourth-order valence-corrected chi connectivity index (χ4v) is 3.35. The van der Waals surface area contributed by atoms with Crippen molar-refractivity contribution >= 4 is 16.9 Å². The van der Waals surface area contributed by atoms with Gasteiger partial charge in [-0.05, 0) is 36.2 Å². The highest BCUT2D eigenvalue weighted by Crippen LogP contribution is 2.33. The summed E-state index contributed by atoms with van der Waals surface area (Å²) in [6.07, 6.45) is 1.32. The molecule has 2 heterocycles. The van der Waals surface area contributed by atoms with Gasteiger partial charge in [-0.1, -0.05) is 30.3 Å². The topological polar surface area (TPSA) is 66.5 Å². The largest absolute Gasteiger partial charge is 0.496 e. The summed E-state index contributed by atoms with van der Waals surface area (Å²) in [6, 6.07) is 16.4. The van der Waals surface area contributed by atoms with Crippen LogP contribution in [0.25, 0.3) is 22.2 Å². The van der Waals surface area contributed by atoms with Crippen molar-refractivity contribution in [2.75, 3.05) is 14.2 Å². The van der Waals surface area contributed by atoms with E-state index in [0.29, 0.717) is 12.4 Å². The number of carbonyl (C=O) groups excluding carboxylic acids is 1. The second-order valence-electron chi connectivity index (χ2n) is 6.48. The molecule has 0 spiro atoms. The molecule has 0 atom stereocenters. The maximum Gasteiger partial charge on any atom is 0.360 e. The molecule has 2 aromatic carbocycles. The van der Waals surface area contributed by atoms with Crippen molar-refractivity contribution in [1.29, 1.82) is 0 Å². The van der Waals surface area contributed by atoms with E-state index in [1.165, 1.54) is 13.4 Å². The van der Waals surface area contributed by atoms with Crippen LogP contribution in [0.15, 0.2) is 59.2 Å². The first-order chi connectivity index (χ1) is 13.6. The van der Waals surface area contributed by atoms with E-state index in [0.717, 1.165) is 33.5 Å². The van der Waals surface area contributed by atoms with E-state index in [-0.39, 0.29) is 5.69 Å². The minimum absolute atomic E-state index is 0.160. The Morgan fingerprint density at radius 1 is 1.14 bits per heavy atom. The van der Waals surface area contributed by atoms with Crippen LogP contribution in [-0.2, 0) is 11.3 Å². The number of hydrogen-bond acceptors (Lipinski definition) is 5. The molecule has 0 fully saturated rings. The summed E-state index contributed by atoms with van der Waals surface area (Å²) < 4.78 is 17.8. The molecule has 0 saturated carbocycles. The van der Waals surface area contributed by atoms with Gasteiger partial charge in [-0.2, -0.15) is 0 Å². The van der Waals surface area contributed by atoms with Crippen LogP contribution in [0.3, 0.4) is 0 Å². The first-order valence-electron chi connectivity index (χ1n) is 8.86. The summed E-state index contributed by atoms with van der Waals surface area (Å²) in [6.45, 7) is 2.40. The lowest BCUT2D eigenvalue weighted by atomic mass is 10.1. The fourth-order valence-electron chi connectivity index (χ4n) is 3.35. The average molecular weight is 376 g/mol. The van der Waals surface area contributed by atoms with Crippen molar-refractivity contribution in [2.45, 2.75) is 13.5 Å². The van der Waals surface area contributed by atoms with E-state index in [4.69, 9.17) is 13.9 Å². The number of aryl methyl sites for hydroxylation is 1. The maximum absolute atomic E-state index is 11.7. The zero-order chi connectivity index (χ0) is 19.7. The molecule has 0 unspecified atom stereocenters. The fraction of sp³-hybridized carbons (Fsp3) is 0.182. The van der Waals surface area contributed by atoms with Gasteiger partial charge in [0.1, 0.15) is 12.0 Å². The third-order valence-corrected chi connectivity index (χ3v) is 4.73. The van der Waals surface area contributed by atoms with E-state index in [2.05, 4.69) is 33.8 Å². The Kier molecular flexibility index (Phi) is 4.61. The lowest BCUT2D eigenvalue weighted by molar-refractivity contribution is 0.0594. The molecule has 6 heteroatoms. The SMILES string of the molecule is COC(=O)c1coc(Cn2c(-c3ccccc3)cc3cc(OC)c(C)cc32)n1. The maximum atomic E-state index is 11.7. The minimum Gasteiger partial charge on any atom is -0.496 e. The van der Waals surface area contributed by atoms with Crippen LogP contribution in [0.5, 0.6) is 5.75 Å². The van der Waals surface area contributed by atoms with Gasteiger partial charge in [-0.25, -0.2) is 9.78 Å². The molecule has 28 heavy (non-hydrogen) atoms. The smallest absolute Gasteiger partial charge is 0.360 e. The number of ether oxygens (including phenoxy) is 2. The zero-order valence-corrected chi connectivity index (χ0v) is 15.9. The zero-order valence-electron chi connectivity index (χ0n) is 15.9. The monoisotopic (exact) mass is 376 g/mol. The summed E-state index contributed by atoms with van der Waals surface area (Å²) in [4.78, 5) is 15.9. The Bertz CT molecular complexity index is 1140. The molecule has 0 saturated heterocycles. The van der Waals surface area contributed by atoms with Gasteiger partial charge in [0.15, 0.2) is 5.69 Å². The highest BCUT2D eigenvalue weighted by atomic mass is 16.5. The number of hydrogen-bond donors (Lipinski definition) is 0. The Morgan fingerprint density at radius 3 is 2.64 bits per heavy atom. The van der Waals surface area contributed by atoms with Crippen LogP contribution in [-0.4, -0.2) is 29.7 Å². The van der Waals surface area contributed by atoms with Gasteiger partial charge in [0, 0.05) is 16.6 Å².